The lowest BCUT2D eigenvalue weighted by Gasteiger charge is -2.19. The van der Waals surface area contributed by atoms with Gasteiger partial charge < -0.3 is 5.73 Å². The number of nitro benzene ring substituents is 2. The van der Waals surface area contributed by atoms with Crippen molar-refractivity contribution in [2.45, 2.75) is 6.92 Å². The van der Waals surface area contributed by atoms with E-state index in [1.165, 1.54) is 18.2 Å². The number of hydrogen-bond acceptors (Lipinski definition) is 7. The number of hydrogen-bond donors (Lipinski definition) is 1. The number of imide groups is 1. The van der Waals surface area contributed by atoms with E-state index in [4.69, 9.17) is 5.73 Å². The summed E-state index contributed by atoms with van der Waals surface area (Å²) in [7, 11) is 0. The van der Waals surface area contributed by atoms with E-state index < -0.39 is 33.0 Å². The van der Waals surface area contributed by atoms with Crippen molar-refractivity contribution >= 4 is 34.6 Å². The number of nitrogen functional groups attached to an aromatic ring is 1. The van der Waals surface area contributed by atoms with E-state index in [9.17, 15) is 29.8 Å². The first-order valence-corrected chi connectivity index (χ1v) is 6.85. The Balaban J connectivity index is 2.58. The first-order chi connectivity index (χ1) is 11.7. The van der Waals surface area contributed by atoms with Crippen molar-refractivity contribution in [3.63, 3.8) is 0 Å². The Labute approximate surface area is 140 Å². The summed E-state index contributed by atoms with van der Waals surface area (Å²) in [4.78, 5) is 45.5. The van der Waals surface area contributed by atoms with Crippen LogP contribution in [0, 0.1) is 20.2 Å². The number of non-ortho nitro benzene ring substituents is 2. The molecule has 0 aromatic heterocycles. The number of benzene rings is 2. The SMILES string of the molecule is CC(=O)N(C(=O)c1cc([N+](=O)[O-])cc([N+](=O)[O-])c1)c1cccc(N)c1. The lowest BCUT2D eigenvalue weighted by atomic mass is 10.1. The molecular weight excluding hydrogens is 332 g/mol. The second-order valence-electron chi connectivity index (χ2n) is 5.01. The van der Waals surface area contributed by atoms with Crippen molar-refractivity contribution < 1.29 is 19.4 Å². The van der Waals surface area contributed by atoms with Gasteiger partial charge in [0.05, 0.1) is 27.2 Å². The van der Waals surface area contributed by atoms with Crippen LogP contribution in [-0.2, 0) is 4.79 Å². The summed E-state index contributed by atoms with van der Waals surface area (Å²) in [6.45, 7) is 1.12. The highest BCUT2D eigenvalue weighted by molar-refractivity contribution is 6.21. The van der Waals surface area contributed by atoms with Crippen LogP contribution in [0.2, 0.25) is 0 Å². The van der Waals surface area contributed by atoms with E-state index in [2.05, 4.69) is 0 Å². The van der Waals surface area contributed by atoms with E-state index in [-0.39, 0.29) is 11.3 Å². The lowest BCUT2D eigenvalue weighted by molar-refractivity contribution is -0.394. The molecule has 2 aromatic rings. The van der Waals surface area contributed by atoms with Gasteiger partial charge in [-0.25, -0.2) is 4.90 Å². The fraction of sp³-hybridized carbons (Fsp3) is 0.0667. The molecule has 2 aromatic carbocycles. The van der Waals surface area contributed by atoms with Crippen LogP contribution in [0.15, 0.2) is 42.5 Å². The van der Waals surface area contributed by atoms with Crippen LogP contribution in [0.4, 0.5) is 22.7 Å². The standard InChI is InChI=1S/C15H12N4O6/c1-9(20)17(12-4-2-3-11(16)7-12)15(21)10-5-13(18(22)23)8-14(6-10)19(24)25/h2-8H,16H2,1H3. The third kappa shape index (κ3) is 3.75. The molecule has 0 aliphatic carbocycles. The molecule has 0 atom stereocenters. The molecule has 10 nitrogen and oxygen atoms in total. The van der Waals surface area contributed by atoms with E-state index in [0.29, 0.717) is 5.69 Å². The van der Waals surface area contributed by atoms with Crippen LogP contribution >= 0.6 is 0 Å². The Kier molecular flexibility index (Phi) is 4.73. The zero-order chi connectivity index (χ0) is 18.7. The number of anilines is 2. The minimum absolute atomic E-state index is 0.145. The Morgan fingerprint density at radius 3 is 2.00 bits per heavy atom. The third-order valence-electron chi connectivity index (χ3n) is 3.22. The van der Waals surface area contributed by atoms with Gasteiger partial charge >= 0.3 is 0 Å². The minimum atomic E-state index is -0.940. The molecule has 0 bridgehead atoms. The Morgan fingerprint density at radius 1 is 1.00 bits per heavy atom. The van der Waals surface area contributed by atoms with Gasteiger partial charge in [-0.15, -0.1) is 0 Å². The maximum atomic E-state index is 12.7. The maximum Gasteiger partial charge on any atom is 0.277 e. The summed E-state index contributed by atoms with van der Waals surface area (Å²) in [6.07, 6.45) is 0. The highest BCUT2D eigenvalue weighted by atomic mass is 16.6. The second-order valence-corrected chi connectivity index (χ2v) is 5.01. The fourth-order valence-corrected chi connectivity index (χ4v) is 2.16. The van der Waals surface area contributed by atoms with Gasteiger partial charge in [-0.05, 0) is 18.2 Å². The predicted octanol–water partition coefficient (Wildman–Crippen LogP) is 2.28. The summed E-state index contributed by atoms with van der Waals surface area (Å²) < 4.78 is 0. The maximum absolute atomic E-state index is 12.7. The first kappa shape index (κ1) is 17.5. The molecule has 0 heterocycles. The largest absolute Gasteiger partial charge is 0.399 e. The third-order valence-corrected chi connectivity index (χ3v) is 3.22. The van der Waals surface area contributed by atoms with E-state index >= 15 is 0 Å². The second kappa shape index (κ2) is 6.74. The summed E-state index contributed by atoms with van der Waals surface area (Å²) >= 11 is 0. The molecule has 0 radical (unpaired) electrons. The molecule has 0 saturated carbocycles. The summed E-state index contributed by atoms with van der Waals surface area (Å²) in [5.41, 5.74) is 4.45. The predicted molar refractivity (Wildman–Crippen MR) is 88.1 cm³/mol. The molecule has 2 amide bonds. The molecular formula is C15H12N4O6. The van der Waals surface area contributed by atoms with Gasteiger partial charge in [0.2, 0.25) is 5.91 Å². The Morgan fingerprint density at radius 2 is 1.56 bits per heavy atom. The van der Waals surface area contributed by atoms with Gasteiger partial charge in [0.1, 0.15) is 0 Å². The van der Waals surface area contributed by atoms with Crippen molar-refractivity contribution in [1.29, 1.82) is 0 Å². The topological polar surface area (TPSA) is 150 Å². The van der Waals surface area contributed by atoms with Crippen LogP contribution in [-0.4, -0.2) is 21.7 Å². The Hall–Kier alpha value is -3.82. The highest BCUT2D eigenvalue weighted by Gasteiger charge is 2.26. The van der Waals surface area contributed by atoms with Crippen molar-refractivity contribution in [3.05, 3.63) is 68.3 Å². The monoisotopic (exact) mass is 344 g/mol. The van der Waals surface area contributed by atoms with Crippen molar-refractivity contribution in [3.8, 4) is 0 Å². The van der Waals surface area contributed by atoms with E-state index in [0.717, 1.165) is 30.0 Å². The Bertz CT molecular complexity index is 863. The highest BCUT2D eigenvalue weighted by Crippen LogP contribution is 2.26. The number of nitrogens with zero attached hydrogens (tertiary/aromatic N) is 3. The first-order valence-electron chi connectivity index (χ1n) is 6.85. The smallest absolute Gasteiger partial charge is 0.277 e. The molecule has 10 heteroatoms. The average molecular weight is 344 g/mol. The number of carbonyl (C=O) groups is 2. The number of rotatable bonds is 4. The van der Waals surface area contributed by atoms with Gasteiger partial charge in [0.25, 0.3) is 17.3 Å². The zero-order valence-corrected chi connectivity index (χ0v) is 12.9. The molecule has 0 fully saturated rings. The van der Waals surface area contributed by atoms with Gasteiger partial charge in [0, 0.05) is 24.7 Å². The fourth-order valence-electron chi connectivity index (χ4n) is 2.16. The van der Waals surface area contributed by atoms with Crippen molar-refractivity contribution in [2.24, 2.45) is 0 Å². The number of amides is 2. The molecule has 25 heavy (non-hydrogen) atoms. The molecule has 0 spiro atoms. The van der Waals surface area contributed by atoms with Crippen LogP contribution in [0.3, 0.4) is 0 Å². The molecule has 0 saturated heterocycles. The summed E-state index contributed by atoms with van der Waals surface area (Å²) in [5, 5.41) is 21.9. The average Bonchev–Trinajstić information content (AvgIpc) is 2.54. The molecule has 0 aliphatic rings. The number of nitrogens with two attached hydrogens (primary N) is 1. The van der Waals surface area contributed by atoms with Gasteiger partial charge in [-0.1, -0.05) is 6.07 Å². The van der Waals surface area contributed by atoms with Crippen LogP contribution < -0.4 is 10.6 Å². The normalized spacial score (nSPS) is 10.1. The summed E-state index contributed by atoms with van der Waals surface area (Å²) in [6, 6.07) is 8.35. The van der Waals surface area contributed by atoms with E-state index in [1.54, 1.807) is 6.07 Å². The van der Waals surface area contributed by atoms with Gasteiger partial charge in [-0.2, -0.15) is 0 Å². The molecule has 2 rings (SSSR count). The van der Waals surface area contributed by atoms with Crippen molar-refractivity contribution in [1.82, 2.24) is 0 Å². The van der Waals surface area contributed by atoms with Crippen LogP contribution in [0.1, 0.15) is 17.3 Å². The van der Waals surface area contributed by atoms with Crippen LogP contribution in [0.25, 0.3) is 0 Å². The quantitative estimate of drug-likeness (QED) is 0.507. The molecule has 128 valence electrons. The van der Waals surface area contributed by atoms with Crippen LogP contribution in [0.5, 0.6) is 0 Å². The number of carbonyl (C=O) groups excluding carboxylic acids is 2. The van der Waals surface area contributed by atoms with Crippen molar-refractivity contribution in [2.75, 3.05) is 10.6 Å². The molecule has 2 N–H and O–H groups in total. The number of nitro groups is 2. The zero-order valence-electron chi connectivity index (χ0n) is 12.9. The van der Waals surface area contributed by atoms with E-state index in [1.807, 2.05) is 0 Å². The summed E-state index contributed by atoms with van der Waals surface area (Å²) in [5.74, 6) is -1.62. The lowest BCUT2D eigenvalue weighted by Crippen LogP contribution is -2.35. The van der Waals surface area contributed by atoms with Gasteiger partial charge in [-0.3, -0.25) is 29.8 Å². The van der Waals surface area contributed by atoms with Gasteiger partial charge in [0.15, 0.2) is 0 Å². The molecule has 0 unspecified atom stereocenters. The molecule has 0 aliphatic heterocycles. The minimum Gasteiger partial charge on any atom is -0.399 e.